The maximum atomic E-state index is 5.86. The predicted octanol–water partition coefficient (Wildman–Crippen LogP) is 0.130. The van der Waals surface area contributed by atoms with E-state index in [1.54, 1.807) is 0 Å². The van der Waals surface area contributed by atoms with Gasteiger partial charge in [-0.1, -0.05) is 0 Å². The lowest BCUT2D eigenvalue weighted by atomic mass is 10.2. The first-order chi connectivity index (χ1) is 7.78. The third-order valence-electron chi connectivity index (χ3n) is 3.69. The Labute approximate surface area is 98.7 Å². The number of nitrogens with zero attached hydrogens (tertiary/aromatic N) is 2. The van der Waals surface area contributed by atoms with Crippen molar-refractivity contribution in [2.24, 2.45) is 5.73 Å². The highest BCUT2D eigenvalue weighted by Crippen LogP contribution is 2.20. The van der Waals surface area contributed by atoms with Crippen molar-refractivity contribution in [1.82, 2.24) is 9.80 Å². The van der Waals surface area contributed by atoms with Crippen LogP contribution in [0.15, 0.2) is 0 Å². The fourth-order valence-corrected chi connectivity index (χ4v) is 2.69. The van der Waals surface area contributed by atoms with Crippen molar-refractivity contribution < 1.29 is 4.74 Å². The monoisotopic (exact) mass is 227 g/mol. The van der Waals surface area contributed by atoms with Crippen LogP contribution >= 0.6 is 0 Å². The topological polar surface area (TPSA) is 41.7 Å². The average molecular weight is 227 g/mol. The molecule has 0 radical (unpaired) electrons. The summed E-state index contributed by atoms with van der Waals surface area (Å²) in [7, 11) is 0. The van der Waals surface area contributed by atoms with Gasteiger partial charge in [0.25, 0.3) is 0 Å². The van der Waals surface area contributed by atoms with Crippen molar-refractivity contribution in [2.45, 2.75) is 32.0 Å². The summed E-state index contributed by atoms with van der Waals surface area (Å²) in [5.74, 6) is 0. The Morgan fingerprint density at radius 2 is 1.81 bits per heavy atom. The summed E-state index contributed by atoms with van der Waals surface area (Å²) in [6.45, 7) is 9.81. The van der Waals surface area contributed by atoms with Crippen LogP contribution in [0, 0.1) is 0 Å². The summed E-state index contributed by atoms with van der Waals surface area (Å²) >= 11 is 0. The number of nitrogens with two attached hydrogens (primary N) is 1. The molecule has 2 aliphatic heterocycles. The van der Waals surface area contributed by atoms with E-state index in [0.29, 0.717) is 12.2 Å². The van der Waals surface area contributed by atoms with Gasteiger partial charge in [-0.05, 0) is 19.8 Å². The molecule has 2 unspecified atom stereocenters. The molecule has 0 spiro atoms. The maximum absolute atomic E-state index is 5.86. The van der Waals surface area contributed by atoms with E-state index in [4.69, 9.17) is 10.5 Å². The zero-order chi connectivity index (χ0) is 11.4. The van der Waals surface area contributed by atoms with E-state index >= 15 is 0 Å². The van der Waals surface area contributed by atoms with Crippen LogP contribution < -0.4 is 5.73 Å². The molecule has 2 aliphatic rings. The van der Waals surface area contributed by atoms with Gasteiger partial charge >= 0.3 is 0 Å². The molecule has 0 saturated carbocycles. The molecule has 0 aromatic rings. The fourth-order valence-electron chi connectivity index (χ4n) is 2.69. The van der Waals surface area contributed by atoms with Gasteiger partial charge in [-0.25, -0.2) is 0 Å². The Morgan fingerprint density at radius 1 is 1.12 bits per heavy atom. The van der Waals surface area contributed by atoms with E-state index in [2.05, 4.69) is 16.7 Å². The minimum atomic E-state index is 0.475. The second-order valence-electron chi connectivity index (χ2n) is 5.08. The summed E-state index contributed by atoms with van der Waals surface area (Å²) in [4.78, 5) is 4.99. The largest absolute Gasteiger partial charge is 0.374 e. The van der Waals surface area contributed by atoms with E-state index in [1.807, 2.05) is 0 Å². The first kappa shape index (κ1) is 12.3. The van der Waals surface area contributed by atoms with Gasteiger partial charge in [0, 0.05) is 45.8 Å². The van der Waals surface area contributed by atoms with Crippen molar-refractivity contribution in [1.29, 1.82) is 0 Å². The Kier molecular flexibility index (Phi) is 4.58. The zero-order valence-corrected chi connectivity index (χ0v) is 10.4. The SMILES string of the molecule is CC1CCC(CN2CCN(CCN)CC2)O1. The highest BCUT2D eigenvalue weighted by molar-refractivity contribution is 4.78. The van der Waals surface area contributed by atoms with Crippen LogP contribution in [0.2, 0.25) is 0 Å². The molecular formula is C12H25N3O. The number of hydrogen-bond acceptors (Lipinski definition) is 4. The molecule has 0 amide bonds. The lowest BCUT2D eigenvalue weighted by molar-refractivity contribution is 0.0195. The minimum Gasteiger partial charge on any atom is -0.374 e. The van der Waals surface area contributed by atoms with Crippen LogP contribution in [-0.4, -0.2) is 67.8 Å². The number of ether oxygens (including phenoxy) is 1. The van der Waals surface area contributed by atoms with Gasteiger partial charge in [0.2, 0.25) is 0 Å². The van der Waals surface area contributed by atoms with Gasteiger partial charge in [0.15, 0.2) is 0 Å². The average Bonchev–Trinajstić information content (AvgIpc) is 2.67. The second-order valence-corrected chi connectivity index (χ2v) is 5.08. The van der Waals surface area contributed by atoms with Crippen LogP contribution in [-0.2, 0) is 4.74 Å². The molecule has 0 aromatic heterocycles. The highest BCUT2D eigenvalue weighted by Gasteiger charge is 2.25. The Hall–Kier alpha value is -0.160. The quantitative estimate of drug-likeness (QED) is 0.741. The van der Waals surface area contributed by atoms with Crippen LogP contribution in [0.4, 0.5) is 0 Å². The Balaban J connectivity index is 1.65. The van der Waals surface area contributed by atoms with Gasteiger partial charge in [0.1, 0.15) is 0 Å². The zero-order valence-electron chi connectivity index (χ0n) is 10.4. The third-order valence-corrected chi connectivity index (χ3v) is 3.69. The van der Waals surface area contributed by atoms with E-state index in [-0.39, 0.29) is 0 Å². The second kappa shape index (κ2) is 5.96. The first-order valence-electron chi connectivity index (χ1n) is 6.58. The normalized spacial score (nSPS) is 33.4. The molecular weight excluding hydrogens is 202 g/mol. The van der Waals surface area contributed by atoms with Crippen molar-refractivity contribution in [3.05, 3.63) is 0 Å². The third kappa shape index (κ3) is 3.42. The molecule has 2 fully saturated rings. The highest BCUT2D eigenvalue weighted by atomic mass is 16.5. The molecule has 0 bridgehead atoms. The van der Waals surface area contributed by atoms with Crippen LogP contribution in [0.1, 0.15) is 19.8 Å². The number of rotatable bonds is 4. The van der Waals surface area contributed by atoms with Crippen molar-refractivity contribution in [2.75, 3.05) is 45.8 Å². The summed E-state index contributed by atoms with van der Waals surface area (Å²) < 4.78 is 5.86. The molecule has 0 aromatic carbocycles. The van der Waals surface area contributed by atoms with Gasteiger partial charge in [-0.2, -0.15) is 0 Å². The number of piperazine rings is 1. The Morgan fingerprint density at radius 3 is 2.38 bits per heavy atom. The molecule has 2 saturated heterocycles. The molecule has 94 valence electrons. The summed E-state index contributed by atoms with van der Waals surface area (Å²) in [6, 6.07) is 0. The summed E-state index contributed by atoms with van der Waals surface area (Å²) in [5.41, 5.74) is 5.57. The van der Waals surface area contributed by atoms with Gasteiger partial charge < -0.3 is 10.5 Å². The van der Waals surface area contributed by atoms with E-state index < -0.39 is 0 Å². The first-order valence-corrected chi connectivity index (χ1v) is 6.58. The van der Waals surface area contributed by atoms with Crippen molar-refractivity contribution in [3.63, 3.8) is 0 Å². The van der Waals surface area contributed by atoms with Crippen molar-refractivity contribution >= 4 is 0 Å². The standard InChI is InChI=1S/C12H25N3O/c1-11-2-3-12(16-11)10-15-8-6-14(5-4-13)7-9-15/h11-12H,2-10,13H2,1H3. The molecule has 4 heteroatoms. The smallest absolute Gasteiger partial charge is 0.0706 e. The van der Waals surface area contributed by atoms with E-state index in [9.17, 15) is 0 Å². The Bertz CT molecular complexity index is 204. The molecule has 2 atom stereocenters. The molecule has 4 nitrogen and oxygen atoms in total. The molecule has 16 heavy (non-hydrogen) atoms. The van der Waals surface area contributed by atoms with Crippen LogP contribution in [0.25, 0.3) is 0 Å². The number of hydrogen-bond donors (Lipinski definition) is 1. The van der Waals surface area contributed by atoms with E-state index in [1.165, 1.54) is 39.0 Å². The summed E-state index contributed by atoms with van der Waals surface area (Å²) in [6.07, 6.45) is 3.43. The lowest BCUT2D eigenvalue weighted by Gasteiger charge is -2.35. The molecule has 2 heterocycles. The van der Waals surface area contributed by atoms with Crippen molar-refractivity contribution in [3.8, 4) is 0 Å². The van der Waals surface area contributed by atoms with E-state index in [0.717, 1.165) is 19.6 Å². The van der Waals surface area contributed by atoms with Gasteiger partial charge in [-0.15, -0.1) is 0 Å². The molecule has 2 rings (SSSR count). The maximum Gasteiger partial charge on any atom is 0.0706 e. The predicted molar refractivity (Wildman–Crippen MR) is 65.5 cm³/mol. The van der Waals surface area contributed by atoms with Gasteiger partial charge in [0.05, 0.1) is 12.2 Å². The lowest BCUT2D eigenvalue weighted by Crippen LogP contribution is -2.49. The molecule has 0 aliphatic carbocycles. The van der Waals surface area contributed by atoms with Crippen LogP contribution in [0.3, 0.4) is 0 Å². The van der Waals surface area contributed by atoms with Gasteiger partial charge in [-0.3, -0.25) is 9.80 Å². The van der Waals surface area contributed by atoms with Crippen LogP contribution in [0.5, 0.6) is 0 Å². The molecule has 2 N–H and O–H groups in total. The fraction of sp³-hybridized carbons (Fsp3) is 1.00. The minimum absolute atomic E-state index is 0.475. The summed E-state index contributed by atoms with van der Waals surface area (Å²) in [5, 5.41) is 0.